The molecular formula is C24H26N2O5. The zero-order chi connectivity index (χ0) is 21.6. The van der Waals surface area contributed by atoms with E-state index in [4.69, 9.17) is 14.2 Å². The highest BCUT2D eigenvalue weighted by Gasteiger charge is 2.16. The molecular weight excluding hydrogens is 396 g/mol. The Kier molecular flexibility index (Phi) is 6.50. The van der Waals surface area contributed by atoms with Crippen LogP contribution in [-0.2, 0) is 17.7 Å². The summed E-state index contributed by atoms with van der Waals surface area (Å²) in [6.45, 7) is 3.59. The maximum atomic E-state index is 12.8. The summed E-state index contributed by atoms with van der Waals surface area (Å²) in [6.07, 6.45) is 3.88. The SMILES string of the molecule is CCOc1ccc(OCCOC(=O)c2ccc3c(=O)n4c(nc3c2)CCCCC4)cc1. The van der Waals surface area contributed by atoms with Crippen LogP contribution >= 0.6 is 0 Å². The van der Waals surface area contributed by atoms with Crippen molar-refractivity contribution < 1.29 is 19.0 Å². The fraction of sp³-hybridized carbons (Fsp3) is 0.375. The number of aromatic nitrogens is 2. The molecule has 0 saturated heterocycles. The molecule has 0 amide bonds. The third-order valence-corrected chi connectivity index (χ3v) is 5.27. The van der Waals surface area contributed by atoms with Gasteiger partial charge in [-0.05, 0) is 62.2 Å². The average Bonchev–Trinajstić information content (AvgIpc) is 3.03. The predicted octanol–water partition coefficient (Wildman–Crippen LogP) is 3.76. The molecule has 0 atom stereocenters. The van der Waals surface area contributed by atoms with Crippen molar-refractivity contribution in [3.05, 3.63) is 64.2 Å². The van der Waals surface area contributed by atoms with Crippen molar-refractivity contribution >= 4 is 16.9 Å². The quantitative estimate of drug-likeness (QED) is 0.426. The van der Waals surface area contributed by atoms with Crippen LogP contribution in [0.4, 0.5) is 0 Å². The van der Waals surface area contributed by atoms with E-state index in [-0.39, 0.29) is 18.8 Å². The van der Waals surface area contributed by atoms with E-state index >= 15 is 0 Å². The molecule has 162 valence electrons. The zero-order valence-corrected chi connectivity index (χ0v) is 17.6. The second kappa shape index (κ2) is 9.64. The van der Waals surface area contributed by atoms with Crippen LogP contribution in [0.1, 0.15) is 42.4 Å². The highest BCUT2D eigenvalue weighted by atomic mass is 16.6. The Morgan fingerprint density at radius 1 is 1.00 bits per heavy atom. The highest BCUT2D eigenvalue weighted by Crippen LogP contribution is 2.18. The van der Waals surface area contributed by atoms with Crippen LogP contribution in [0.2, 0.25) is 0 Å². The molecule has 1 aliphatic rings. The third-order valence-electron chi connectivity index (χ3n) is 5.27. The lowest BCUT2D eigenvalue weighted by atomic mass is 10.1. The lowest BCUT2D eigenvalue weighted by molar-refractivity contribution is 0.0450. The second-order valence-corrected chi connectivity index (χ2v) is 7.42. The normalized spacial score (nSPS) is 13.3. The molecule has 7 heteroatoms. The van der Waals surface area contributed by atoms with Crippen molar-refractivity contribution in [1.82, 2.24) is 9.55 Å². The summed E-state index contributed by atoms with van der Waals surface area (Å²) < 4.78 is 18.1. The van der Waals surface area contributed by atoms with Crippen LogP contribution in [0.25, 0.3) is 10.9 Å². The van der Waals surface area contributed by atoms with Crippen molar-refractivity contribution in [3.8, 4) is 11.5 Å². The van der Waals surface area contributed by atoms with Gasteiger partial charge in [0.25, 0.3) is 5.56 Å². The first-order valence-electron chi connectivity index (χ1n) is 10.7. The summed E-state index contributed by atoms with van der Waals surface area (Å²) in [5, 5.41) is 0.529. The number of fused-ring (bicyclic) bond motifs is 2. The number of nitrogens with zero attached hydrogens (tertiary/aromatic N) is 2. The second-order valence-electron chi connectivity index (χ2n) is 7.42. The molecule has 0 aliphatic carbocycles. The molecule has 2 aromatic carbocycles. The van der Waals surface area contributed by atoms with E-state index in [1.54, 1.807) is 22.8 Å². The van der Waals surface area contributed by atoms with Gasteiger partial charge < -0.3 is 14.2 Å². The van der Waals surface area contributed by atoms with E-state index in [1.165, 1.54) is 0 Å². The summed E-state index contributed by atoms with van der Waals surface area (Å²) in [7, 11) is 0. The van der Waals surface area contributed by atoms with Crippen molar-refractivity contribution in [2.45, 2.75) is 39.2 Å². The van der Waals surface area contributed by atoms with E-state index < -0.39 is 5.97 Å². The summed E-state index contributed by atoms with van der Waals surface area (Å²) in [5.74, 6) is 1.79. The van der Waals surface area contributed by atoms with E-state index in [0.717, 1.165) is 37.3 Å². The topological polar surface area (TPSA) is 79.7 Å². The Hall–Kier alpha value is -3.35. The lowest BCUT2D eigenvalue weighted by Gasteiger charge is -2.11. The first kappa shape index (κ1) is 20.9. The molecule has 0 saturated carbocycles. The third kappa shape index (κ3) is 4.87. The van der Waals surface area contributed by atoms with Gasteiger partial charge in [-0.2, -0.15) is 0 Å². The summed E-state index contributed by atoms with van der Waals surface area (Å²) in [6, 6.07) is 12.2. The molecule has 0 unspecified atom stereocenters. The van der Waals surface area contributed by atoms with Crippen molar-refractivity contribution in [2.24, 2.45) is 0 Å². The molecule has 0 spiro atoms. The number of ether oxygens (including phenoxy) is 3. The van der Waals surface area contributed by atoms with Gasteiger partial charge >= 0.3 is 5.97 Å². The molecule has 31 heavy (non-hydrogen) atoms. The van der Waals surface area contributed by atoms with E-state index in [1.807, 2.05) is 31.2 Å². The smallest absolute Gasteiger partial charge is 0.338 e. The summed E-state index contributed by atoms with van der Waals surface area (Å²) in [5.41, 5.74) is 0.878. The van der Waals surface area contributed by atoms with Gasteiger partial charge in [0.15, 0.2) is 0 Å². The number of carbonyl (C=O) groups is 1. The van der Waals surface area contributed by atoms with Gasteiger partial charge in [0.1, 0.15) is 30.5 Å². The monoisotopic (exact) mass is 422 g/mol. The van der Waals surface area contributed by atoms with Gasteiger partial charge in [0, 0.05) is 13.0 Å². The van der Waals surface area contributed by atoms with Crippen molar-refractivity contribution in [3.63, 3.8) is 0 Å². The van der Waals surface area contributed by atoms with Gasteiger partial charge in [-0.25, -0.2) is 9.78 Å². The summed E-state index contributed by atoms with van der Waals surface area (Å²) >= 11 is 0. The molecule has 7 nitrogen and oxygen atoms in total. The van der Waals surface area contributed by atoms with Crippen LogP contribution in [0, 0.1) is 0 Å². The molecule has 1 aliphatic heterocycles. The minimum atomic E-state index is -0.464. The highest BCUT2D eigenvalue weighted by molar-refractivity contribution is 5.94. The number of carbonyl (C=O) groups excluding carboxylic acids is 1. The molecule has 0 fully saturated rings. The van der Waals surface area contributed by atoms with Gasteiger partial charge in [-0.3, -0.25) is 9.36 Å². The van der Waals surface area contributed by atoms with Crippen LogP contribution in [0.15, 0.2) is 47.3 Å². The number of benzene rings is 2. The number of aryl methyl sites for hydroxylation is 1. The minimum Gasteiger partial charge on any atom is -0.494 e. The number of rotatable bonds is 7. The van der Waals surface area contributed by atoms with Gasteiger partial charge in [-0.1, -0.05) is 6.42 Å². The Labute approximate surface area is 180 Å². The molecule has 1 aromatic heterocycles. The predicted molar refractivity (Wildman–Crippen MR) is 117 cm³/mol. The standard InChI is InChI=1S/C24H26N2O5/c1-2-29-18-8-10-19(11-9-18)30-14-15-31-24(28)17-7-12-20-21(16-17)25-22-6-4-3-5-13-26(22)23(20)27/h7-12,16H,2-6,13-15H2,1H3. The molecule has 2 heterocycles. The first-order chi connectivity index (χ1) is 15.2. The van der Waals surface area contributed by atoms with Crippen LogP contribution in [0.3, 0.4) is 0 Å². The Morgan fingerprint density at radius 2 is 1.77 bits per heavy atom. The maximum absolute atomic E-state index is 12.8. The van der Waals surface area contributed by atoms with E-state index in [2.05, 4.69) is 4.98 Å². The van der Waals surface area contributed by atoms with Crippen molar-refractivity contribution in [1.29, 1.82) is 0 Å². The van der Waals surface area contributed by atoms with Crippen LogP contribution in [0.5, 0.6) is 11.5 Å². The van der Waals surface area contributed by atoms with E-state index in [9.17, 15) is 9.59 Å². The van der Waals surface area contributed by atoms with Gasteiger partial charge in [0.2, 0.25) is 0 Å². The Morgan fingerprint density at radius 3 is 2.55 bits per heavy atom. The van der Waals surface area contributed by atoms with Crippen molar-refractivity contribution in [2.75, 3.05) is 19.8 Å². The van der Waals surface area contributed by atoms with E-state index in [0.29, 0.717) is 35.4 Å². The fourth-order valence-electron chi connectivity index (χ4n) is 3.72. The zero-order valence-electron chi connectivity index (χ0n) is 17.6. The first-order valence-corrected chi connectivity index (χ1v) is 10.7. The Bertz CT molecular complexity index is 1120. The minimum absolute atomic E-state index is 0.0365. The summed E-state index contributed by atoms with van der Waals surface area (Å²) in [4.78, 5) is 29.9. The van der Waals surface area contributed by atoms with Crippen LogP contribution < -0.4 is 15.0 Å². The lowest BCUT2D eigenvalue weighted by Crippen LogP contribution is -2.24. The number of esters is 1. The molecule has 4 rings (SSSR count). The maximum Gasteiger partial charge on any atom is 0.338 e. The number of hydrogen-bond acceptors (Lipinski definition) is 6. The van der Waals surface area contributed by atoms with Gasteiger partial charge in [0.05, 0.1) is 23.1 Å². The number of hydrogen-bond donors (Lipinski definition) is 0. The fourth-order valence-corrected chi connectivity index (χ4v) is 3.72. The Balaban J connectivity index is 1.38. The average molecular weight is 422 g/mol. The molecule has 3 aromatic rings. The van der Waals surface area contributed by atoms with Gasteiger partial charge in [-0.15, -0.1) is 0 Å². The molecule has 0 bridgehead atoms. The largest absolute Gasteiger partial charge is 0.494 e. The molecule has 0 N–H and O–H groups in total. The molecule has 0 radical (unpaired) electrons. The van der Waals surface area contributed by atoms with Crippen LogP contribution in [-0.4, -0.2) is 35.3 Å².